The molecule has 2 saturated carbocycles. The maximum absolute atomic E-state index is 15.1. The van der Waals surface area contributed by atoms with Gasteiger partial charge < -0.3 is 53.2 Å². The Hall–Kier alpha value is -5.97. The fraction of sp³-hybridized carbons (Fsp3) is 0.468. The van der Waals surface area contributed by atoms with E-state index in [1.165, 1.54) is 5.57 Å². The lowest BCUT2D eigenvalue weighted by atomic mass is 9.51. The number of nitrogens with one attached hydrogen (secondary N) is 2. The first-order chi connectivity index (χ1) is 36.2. The number of aliphatic hydroxyl groups excluding tert-OH is 4. The summed E-state index contributed by atoms with van der Waals surface area (Å²) < 4.78 is 0. The molecule has 11 atom stereocenters. The van der Waals surface area contributed by atoms with Crippen LogP contribution >= 0.6 is 0 Å². The SMILES string of the molecule is C=C(C=C1C=CC2(CCC3(C4CCC(O)Cc5cccc(c5)CC(C(CN=C(N)N)c5ccc(O)cc5)C(O)CNC5C(=O)NC(N)c6cccc(c65)CC(=O)C(C)=C4CCC3(C)O)C2O)C(CO)=C1)CCC=C(C)C. The normalized spacial score (nSPS) is 31.0. The predicted molar refractivity (Wildman–Crippen MR) is 297 cm³/mol. The van der Waals surface area contributed by atoms with Gasteiger partial charge in [0.25, 0.3) is 0 Å². The highest BCUT2D eigenvalue weighted by molar-refractivity contribution is 5.98. The summed E-state index contributed by atoms with van der Waals surface area (Å²) in [7, 11) is 0. The topological polar surface area (TPSA) is 270 Å². The smallest absolute Gasteiger partial charge is 0.243 e. The Labute approximate surface area is 448 Å². The third kappa shape index (κ3) is 11.5. The first kappa shape index (κ1) is 56.2. The van der Waals surface area contributed by atoms with Crippen molar-refractivity contribution in [2.45, 2.75) is 140 Å². The van der Waals surface area contributed by atoms with Crippen LogP contribution in [0.3, 0.4) is 0 Å². The molecule has 406 valence electrons. The molecule has 2 heterocycles. The number of phenolic OH excluding ortho intramolecular Hbond substituents is 1. The van der Waals surface area contributed by atoms with Crippen molar-refractivity contribution in [1.82, 2.24) is 10.6 Å². The zero-order valence-corrected chi connectivity index (χ0v) is 44.6. The fourth-order valence-corrected chi connectivity index (χ4v) is 13.6. The maximum atomic E-state index is 15.1. The van der Waals surface area contributed by atoms with Gasteiger partial charge in [-0.3, -0.25) is 19.9 Å². The molecule has 14 N–H and O–H groups in total. The van der Waals surface area contributed by atoms with Gasteiger partial charge in [0.05, 0.1) is 30.5 Å². The number of hydrogen-bond donors (Lipinski definition) is 11. The Bertz CT molecular complexity index is 2860. The summed E-state index contributed by atoms with van der Waals surface area (Å²) in [5.74, 6) is -2.23. The van der Waals surface area contributed by atoms with Gasteiger partial charge in [-0.25, -0.2) is 0 Å². The molecule has 3 aromatic carbocycles. The van der Waals surface area contributed by atoms with Gasteiger partial charge in [-0.1, -0.05) is 108 Å². The molecule has 2 fully saturated rings. The molecular formula is C62H80N6O8. The van der Waals surface area contributed by atoms with Crippen LogP contribution in [0.15, 0.2) is 142 Å². The molecule has 8 rings (SSSR count). The second kappa shape index (κ2) is 23.3. The van der Waals surface area contributed by atoms with E-state index in [2.05, 4.69) is 42.1 Å². The van der Waals surface area contributed by atoms with Gasteiger partial charge in [0, 0.05) is 36.3 Å². The van der Waals surface area contributed by atoms with Crippen LogP contribution in [0.4, 0.5) is 0 Å². The minimum absolute atomic E-state index is 0.0586. The first-order valence-electron chi connectivity index (χ1n) is 27.0. The molecule has 2 bridgehead atoms. The average molecular weight is 1040 g/mol. The number of allylic oxidation sites excluding steroid dienone is 9. The third-order valence-electron chi connectivity index (χ3n) is 17.6. The second-order valence-electron chi connectivity index (χ2n) is 22.7. The molecule has 14 heteroatoms. The van der Waals surface area contributed by atoms with E-state index < -0.39 is 70.6 Å². The van der Waals surface area contributed by atoms with Gasteiger partial charge in [0.1, 0.15) is 18.0 Å². The van der Waals surface area contributed by atoms with Gasteiger partial charge in [-0.15, -0.1) is 0 Å². The van der Waals surface area contributed by atoms with Gasteiger partial charge in [-0.2, -0.15) is 0 Å². The number of carbonyl (C=O) groups is 2. The van der Waals surface area contributed by atoms with Crippen LogP contribution in [0.5, 0.6) is 5.75 Å². The Kier molecular flexibility index (Phi) is 17.3. The van der Waals surface area contributed by atoms with Crippen molar-refractivity contribution < 1.29 is 40.2 Å². The zero-order valence-electron chi connectivity index (χ0n) is 44.6. The largest absolute Gasteiger partial charge is 0.508 e. The van der Waals surface area contributed by atoms with E-state index in [1.54, 1.807) is 31.2 Å². The van der Waals surface area contributed by atoms with Crippen molar-refractivity contribution in [3.63, 3.8) is 0 Å². The third-order valence-corrected chi connectivity index (χ3v) is 17.6. The Morgan fingerprint density at radius 2 is 1.70 bits per heavy atom. The summed E-state index contributed by atoms with van der Waals surface area (Å²) in [5.41, 5.74) is 24.1. The number of nitrogens with two attached hydrogens (primary N) is 3. The summed E-state index contributed by atoms with van der Waals surface area (Å²) in [5, 5.41) is 78.3. The van der Waals surface area contributed by atoms with E-state index in [9.17, 15) is 35.4 Å². The number of amides is 1. The molecule has 2 spiro atoms. The number of rotatable bonds is 9. The molecular weight excluding hydrogens is 957 g/mol. The molecule has 76 heavy (non-hydrogen) atoms. The molecule has 5 aliphatic rings. The van der Waals surface area contributed by atoms with E-state index in [0.717, 1.165) is 46.3 Å². The number of guanidine groups is 1. The Balaban J connectivity index is 1.22. The highest BCUT2D eigenvalue weighted by Crippen LogP contribution is 2.67. The minimum Gasteiger partial charge on any atom is -0.508 e. The van der Waals surface area contributed by atoms with Crippen LogP contribution in [0, 0.1) is 22.7 Å². The Morgan fingerprint density at radius 1 is 0.974 bits per heavy atom. The summed E-state index contributed by atoms with van der Waals surface area (Å²) in [6, 6.07) is 19.0. The van der Waals surface area contributed by atoms with Crippen LogP contribution < -0.4 is 27.8 Å². The van der Waals surface area contributed by atoms with Crippen LogP contribution in [0.1, 0.15) is 131 Å². The standard InChI is InChI=1S/C62H80N6O8/c1-36(2)9-6-10-37(3)27-41-21-24-61(44(29-41)35-69)25-26-62(58(61)75)51-20-19-46(71)30-39-11-7-12-40(28-39)31-49(50(33-67-59(64)65)42-15-17-45(70)18-16-42)53(73)34-66-55-54-43(13-8-14-48(54)56(63)68-57(55)74)32-52(72)38(4)47(51)22-23-60(62,5)76/h7-9,11-18,21,24,27-29,46,49-51,53,55-56,58,66,69-71,73,75-76H,3,6,10,19-20,22-23,25-26,30-35,63H2,1-2,4-5H3,(H,68,74)(H4,64,65,67). The number of aliphatic imine (C=N–C) groups is 1. The highest BCUT2D eigenvalue weighted by atomic mass is 16.3. The van der Waals surface area contributed by atoms with Crippen molar-refractivity contribution in [2.24, 2.45) is 44.9 Å². The minimum atomic E-state index is -1.41. The molecule has 2 aliphatic heterocycles. The van der Waals surface area contributed by atoms with Crippen molar-refractivity contribution in [3.8, 4) is 5.75 Å². The van der Waals surface area contributed by atoms with E-state index >= 15 is 4.79 Å². The van der Waals surface area contributed by atoms with Crippen molar-refractivity contribution in [1.29, 1.82) is 0 Å². The van der Waals surface area contributed by atoms with Crippen molar-refractivity contribution >= 4 is 17.6 Å². The number of hydrogen-bond acceptors (Lipinski definition) is 11. The Morgan fingerprint density at radius 3 is 2.41 bits per heavy atom. The summed E-state index contributed by atoms with van der Waals surface area (Å²) >= 11 is 0. The number of β-amino-alcohol motifs (C(OH)–C–C–N with tert-alkyl or cyclic N) is 1. The van der Waals surface area contributed by atoms with Crippen molar-refractivity contribution in [2.75, 3.05) is 19.7 Å². The summed E-state index contributed by atoms with van der Waals surface area (Å²) in [6.45, 7) is 11.8. The predicted octanol–water partition coefficient (Wildman–Crippen LogP) is 6.52. The second-order valence-corrected chi connectivity index (χ2v) is 22.7. The first-order valence-corrected chi connectivity index (χ1v) is 27.0. The monoisotopic (exact) mass is 1040 g/mol. The van der Waals surface area contributed by atoms with E-state index in [1.807, 2.05) is 73.7 Å². The molecule has 0 aromatic heterocycles. The molecule has 0 radical (unpaired) electrons. The maximum Gasteiger partial charge on any atom is 0.243 e. The number of carbonyl (C=O) groups excluding carboxylic acids is 2. The number of aromatic hydroxyl groups is 1. The van der Waals surface area contributed by atoms with Gasteiger partial charge >= 0.3 is 0 Å². The molecule has 3 aromatic rings. The number of phenols is 1. The number of ketones is 1. The van der Waals surface area contributed by atoms with E-state index in [0.29, 0.717) is 59.9 Å². The van der Waals surface area contributed by atoms with Gasteiger partial charge in [0.2, 0.25) is 5.91 Å². The lowest BCUT2D eigenvalue weighted by molar-refractivity contribution is -0.174. The lowest BCUT2D eigenvalue weighted by Gasteiger charge is -2.57. The van der Waals surface area contributed by atoms with E-state index in [4.69, 9.17) is 17.2 Å². The summed E-state index contributed by atoms with van der Waals surface area (Å²) in [6.07, 6.45) is 10.4. The van der Waals surface area contributed by atoms with Crippen LogP contribution in [-0.4, -0.2) is 91.9 Å². The molecule has 3 aliphatic carbocycles. The quantitative estimate of drug-likeness (QED) is 0.0622. The average Bonchev–Trinajstić information content (AvgIpc) is 3.66. The zero-order chi connectivity index (χ0) is 54.7. The van der Waals surface area contributed by atoms with Gasteiger partial charge in [-0.05, 0) is 166 Å². The number of benzene rings is 3. The molecule has 0 saturated heterocycles. The van der Waals surface area contributed by atoms with Crippen LogP contribution in [-0.2, 0) is 28.9 Å². The van der Waals surface area contributed by atoms with E-state index in [-0.39, 0.29) is 62.9 Å². The van der Waals surface area contributed by atoms with Crippen LogP contribution in [0.2, 0.25) is 0 Å². The lowest BCUT2D eigenvalue weighted by Crippen LogP contribution is -2.61. The highest BCUT2D eigenvalue weighted by Gasteiger charge is 2.68. The number of aliphatic hydroxyl groups is 5. The molecule has 1 amide bonds. The summed E-state index contributed by atoms with van der Waals surface area (Å²) in [4.78, 5) is 33.7. The number of nitrogens with zero attached hydrogens (tertiary/aromatic N) is 1. The molecule has 14 nitrogen and oxygen atoms in total. The van der Waals surface area contributed by atoms with Crippen LogP contribution in [0.25, 0.3) is 0 Å². The number of fused-ring (bicyclic) bond motifs is 4. The van der Waals surface area contributed by atoms with Crippen molar-refractivity contribution in [3.05, 3.63) is 171 Å². The molecule has 11 unspecified atom stereocenters. The fourth-order valence-electron chi connectivity index (χ4n) is 13.6. The number of Topliss-reactive ketones (excluding diaryl/α,β-unsaturated/α-hetero) is 1. The van der Waals surface area contributed by atoms with Gasteiger partial charge in [0.15, 0.2) is 11.7 Å².